The minimum absolute atomic E-state index is 0.00509. The first-order valence-corrected chi connectivity index (χ1v) is 5.53. The minimum atomic E-state index is -1.38. The van der Waals surface area contributed by atoms with Crippen molar-refractivity contribution in [3.8, 4) is 12.3 Å². The molecule has 6 heteroatoms. The fraction of sp³-hybridized carbons (Fsp3) is 0.667. The van der Waals surface area contributed by atoms with Crippen LogP contribution in [0.4, 0.5) is 4.79 Å². The Morgan fingerprint density at radius 2 is 2.11 bits per heavy atom. The second kappa shape index (κ2) is 4.96. The number of aliphatic hydroxyl groups is 1. The molecule has 0 radical (unpaired) electrons. The maximum absolute atomic E-state index is 11.6. The van der Waals surface area contributed by atoms with E-state index in [1.54, 1.807) is 20.8 Å². The van der Waals surface area contributed by atoms with Crippen LogP contribution in [-0.4, -0.2) is 41.0 Å². The molecule has 2 N–H and O–H groups in total. The van der Waals surface area contributed by atoms with Crippen molar-refractivity contribution in [1.29, 1.82) is 0 Å². The molecular formula is C12H17NO5. The number of carbonyl (C=O) groups is 2. The van der Waals surface area contributed by atoms with Gasteiger partial charge in [-0.1, -0.05) is 5.92 Å². The van der Waals surface area contributed by atoms with Gasteiger partial charge in [0, 0.05) is 13.0 Å². The summed E-state index contributed by atoms with van der Waals surface area (Å²) in [6, 6.07) is -0.807. The van der Waals surface area contributed by atoms with Crippen LogP contribution in [0, 0.1) is 12.3 Å². The maximum atomic E-state index is 11.6. The van der Waals surface area contributed by atoms with Crippen LogP contribution in [0.1, 0.15) is 27.2 Å². The standard InChI is InChI=1S/C12H17NO5/c1-5-12(16)6-8(13-7-12)9(14)17-10(15)18-11(2,3)4/h1,8,13,16H,6-7H2,2-4H3/t8-,12+/m1/s1. The fourth-order valence-corrected chi connectivity index (χ4v) is 1.47. The summed E-state index contributed by atoms with van der Waals surface area (Å²) >= 11 is 0. The lowest BCUT2D eigenvalue weighted by Gasteiger charge is -2.19. The lowest BCUT2D eigenvalue weighted by molar-refractivity contribution is -0.143. The van der Waals surface area contributed by atoms with Gasteiger partial charge in [-0.15, -0.1) is 6.42 Å². The highest BCUT2D eigenvalue weighted by molar-refractivity contribution is 5.86. The van der Waals surface area contributed by atoms with Gasteiger partial charge >= 0.3 is 12.1 Å². The molecule has 0 aromatic rings. The molecule has 0 bridgehead atoms. The Morgan fingerprint density at radius 1 is 1.50 bits per heavy atom. The van der Waals surface area contributed by atoms with Gasteiger partial charge in [0.1, 0.15) is 17.2 Å². The molecule has 0 amide bonds. The summed E-state index contributed by atoms with van der Waals surface area (Å²) in [4.78, 5) is 22.8. The van der Waals surface area contributed by atoms with Crippen LogP contribution in [0.15, 0.2) is 0 Å². The Balaban J connectivity index is 2.49. The molecule has 2 atom stereocenters. The van der Waals surface area contributed by atoms with Crippen molar-refractivity contribution in [2.75, 3.05) is 6.54 Å². The van der Waals surface area contributed by atoms with Gasteiger partial charge in [0.05, 0.1) is 0 Å². The number of rotatable bonds is 1. The van der Waals surface area contributed by atoms with Crippen molar-refractivity contribution in [3.05, 3.63) is 0 Å². The van der Waals surface area contributed by atoms with Crippen LogP contribution >= 0.6 is 0 Å². The number of hydrogen-bond acceptors (Lipinski definition) is 6. The van der Waals surface area contributed by atoms with E-state index >= 15 is 0 Å². The van der Waals surface area contributed by atoms with E-state index in [-0.39, 0.29) is 13.0 Å². The second-order valence-electron chi connectivity index (χ2n) is 5.20. The quantitative estimate of drug-likeness (QED) is 0.395. The average molecular weight is 255 g/mol. The van der Waals surface area contributed by atoms with Gasteiger partial charge in [-0.3, -0.25) is 0 Å². The van der Waals surface area contributed by atoms with Crippen molar-refractivity contribution in [2.24, 2.45) is 0 Å². The molecule has 0 spiro atoms. The highest BCUT2D eigenvalue weighted by Crippen LogP contribution is 2.19. The highest BCUT2D eigenvalue weighted by Gasteiger charge is 2.40. The van der Waals surface area contributed by atoms with Gasteiger partial charge in [0.15, 0.2) is 0 Å². The first-order valence-electron chi connectivity index (χ1n) is 5.53. The van der Waals surface area contributed by atoms with E-state index in [4.69, 9.17) is 11.2 Å². The number of terminal acetylenes is 1. The van der Waals surface area contributed by atoms with E-state index in [9.17, 15) is 14.7 Å². The summed E-state index contributed by atoms with van der Waals surface area (Å²) in [5, 5.41) is 12.4. The molecule has 1 fully saturated rings. The van der Waals surface area contributed by atoms with Gasteiger partial charge < -0.3 is 19.9 Å². The van der Waals surface area contributed by atoms with Crippen LogP contribution in [0.25, 0.3) is 0 Å². The molecule has 18 heavy (non-hydrogen) atoms. The van der Waals surface area contributed by atoms with Crippen LogP contribution in [-0.2, 0) is 14.3 Å². The third kappa shape index (κ3) is 4.02. The molecule has 1 saturated heterocycles. The Morgan fingerprint density at radius 3 is 2.56 bits per heavy atom. The van der Waals surface area contributed by atoms with E-state index in [1.807, 2.05) is 0 Å². The normalized spacial score (nSPS) is 27.4. The van der Waals surface area contributed by atoms with Gasteiger partial charge in [-0.05, 0) is 20.8 Å². The lowest BCUT2D eigenvalue weighted by atomic mass is 10.0. The van der Waals surface area contributed by atoms with Crippen molar-refractivity contribution < 1.29 is 24.2 Å². The molecule has 0 aliphatic carbocycles. The number of nitrogens with one attached hydrogen (secondary N) is 1. The van der Waals surface area contributed by atoms with Crippen LogP contribution in [0.3, 0.4) is 0 Å². The fourth-order valence-electron chi connectivity index (χ4n) is 1.47. The van der Waals surface area contributed by atoms with E-state index in [0.29, 0.717) is 0 Å². The predicted octanol–water partition coefficient (Wildman–Crippen LogP) is 0.191. The monoisotopic (exact) mass is 255 g/mol. The lowest BCUT2D eigenvalue weighted by Crippen LogP contribution is -2.35. The molecule has 0 saturated carbocycles. The maximum Gasteiger partial charge on any atom is 0.516 e. The molecule has 1 aliphatic rings. The molecular weight excluding hydrogens is 238 g/mol. The molecule has 0 unspecified atom stereocenters. The molecule has 1 aliphatic heterocycles. The number of carbonyl (C=O) groups excluding carboxylic acids is 2. The zero-order valence-corrected chi connectivity index (χ0v) is 10.6. The first-order chi connectivity index (χ1) is 8.15. The zero-order valence-electron chi connectivity index (χ0n) is 10.6. The zero-order chi connectivity index (χ0) is 14.0. The first kappa shape index (κ1) is 14.5. The molecule has 1 rings (SSSR count). The Kier molecular flexibility index (Phi) is 3.99. The molecule has 0 aromatic carbocycles. The average Bonchev–Trinajstić information content (AvgIpc) is 2.59. The van der Waals surface area contributed by atoms with Gasteiger partial charge in [-0.25, -0.2) is 9.59 Å². The van der Waals surface area contributed by atoms with Crippen LogP contribution < -0.4 is 5.32 Å². The smallest absolute Gasteiger partial charge is 0.428 e. The minimum Gasteiger partial charge on any atom is -0.428 e. The van der Waals surface area contributed by atoms with E-state index in [2.05, 4.69) is 16.0 Å². The SMILES string of the molecule is C#C[C@@]1(O)CN[C@@H](C(=O)OC(=O)OC(C)(C)C)C1. The van der Waals surface area contributed by atoms with Crippen molar-refractivity contribution in [3.63, 3.8) is 0 Å². The molecule has 1 heterocycles. The highest BCUT2D eigenvalue weighted by atomic mass is 16.7. The summed E-state index contributed by atoms with van der Waals surface area (Å²) in [7, 11) is 0. The van der Waals surface area contributed by atoms with Gasteiger partial charge in [-0.2, -0.15) is 0 Å². The largest absolute Gasteiger partial charge is 0.516 e. The number of hydrogen-bond donors (Lipinski definition) is 2. The molecule has 100 valence electrons. The van der Waals surface area contributed by atoms with Crippen molar-refractivity contribution in [2.45, 2.75) is 44.4 Å². The summed E-state index contributed by atoms with van der Waals surface area (Å²) in [5.74, 6) is 1.38. The number of esters is 1. The summed E-state index contributed by atoms with van der Waals surface area (Å²) in [6.07, 6.45) is 4.07. The Labute approximate surface area is 106 Å². The van der Waals surface area contributed by atoms with Gasteiger partial charge in [0.25, 0.3) is 0 Å². The van der Waals surface area contributed by atoms with Crippen molar-refractivity contribution in [1.82, 2.24) is 5.32 Å². The molecule has 6 nitrogen and oxygen atoms in total. The van der Waals surface area contributed by atoms with E-state index in [0.717, 1.165) is 0 Å². The number of ether oxygens (including phenoxy) is 2. The summed E-state index contributed by atoms with van der Waals surface area (Å²) in [6.45, 7) is 5.05. The third-order valence-electron chi connectivity index (χ3n) is 2.31. The van der Waals surface area contributed by atoms with E-state index in [1.165, 1.54) is 0 Å². The van der Waals surface area contributed by atoms with Crippen LogP contribution in [0.5, 0.6) is 0 Å². The molecule has 0 aromatic heterocycles. The third-order valence-corrected chi connectivity index (χ3v) is 2.31. The predicted molar refractivity (Wildman–Crippen MR) is 62.5 cm³/mol. The topological polar surface area (TPSA) is 84.9 Å². The van der Waals surface area contributed by atoms with Crippen molar-refractivity contribution >= 4 is 12.1 Å². The van der Waals surface area contributed by atoms with E-state index < -0.39 is 29.4 Å². The van der Waals surface area contributed by atoms with Gasteiger partial charge in [0.2, 0.25) is 0 Å². The Hall–Kier alpha value is -1.58. The second-order valence-corrected chi connectivity index (χ2v) is 5.20. The Bertz CT molecular complexity index is 392. The summed E-state index contributed by atoms with van der Waals surface area (Å²) in [5.41, 5.74) is -2.11. The number of β-amino-alcohol motifs (C(OH)–C–C–N with tert-alkyl or cyclic N) is 1. The summed E-state index contributed by atoms with van der Waals surface area (Å²) < 4.78 is 9.34. The van der Waals surface area contributed by atoms with Crippen LogP contribution in [0.2, 0.25) is 0 Å².